The Hall–Kier alpha value is -0.818. The molecule has 0 aliphatic rings. The molecule has 0 unspecified atom stereocenters. The van der Waals surface area contributed by atoms with Crippen LogP contribution in [0.5, 0.6) is 5.75 Å². The van der Waals surface area contributed by atoms with E-state index in [-0.39, 0.29) is 5.04 Å². The molecular formula is C23H42BO4Si. The van der Waals surface area contributed by atoms with Gasteiger partial charge in [-0.15, -0.1) is 0 Å². The molecular weight excluding hydrogens is 379 g/mol. The van der Waals surface area contributed by atoms with Gasteiger partial charge in [-0.1, -0.05) is 38.4 Å². The molecule has 0 aromatic heterocycles. The molecule has 0 heterocycles. The quantitative estimate of drug-likeness (QED) is 0.386. The van der Waals surface area contributed by atoms with Gasteiger partial charge in [0.1, 0.15) is 12.4 Å². The van der Waals surface area contributed by atoms with Gasteiger partial charge in [-0.3, -0.25) is 0 Å². The molecule has 0 spiro atoms. The first kappa shape index (κ1) is 26.2. The van der Waals surface area contributed by atoms with Gasteiger partial charge in [0.25, 0.3) is 0 Å². The second-order valence-corrected chi connectivity index (χ2v) is 15.2. The van der Waals surface area contributed by atoms with Crippen molar-refractivity contribution < 1.29 is 18.6 Å². The van der Waals surface area contributed by atoms with Gasteiger partial charge >= 0.3 is 7.48 Å². The van der Waals surface area contributed by atoms with Crippen molar-refractivity contribution in [3.05, 3.63) is 23.3 Å². The summed E-state index contributed by atoms with van der Waals surface area (Å²) in [6.45, 7) is 24.7. The first-order valence-electron chi connectivity index (χ1n) is 10.5. The topological polar surface area (TPSA) is 36.9 Å². The van der Waals surface area contributed by atoms with E-state index >= 15 is 0 Å². The highest BCUT2D eigenvalue weighted by molar-refractivity contribution is 6.74. The van der Waals surface area contributed by atoms with Gasteiger partial charge in [-0.05, 0) is 70.8 Å². The Morgan fingerprint density at radius 1 is 0.862 bits per heavy atom. The van der Waals surface area contributed by atoms with E-state index in [0.717, 1.165) is 22.3 Å². The van der Waals surface area contributed by atoms with E-state index in [1.165, 1.54) is 0 Å². The van der Waals surface area contributed by atoms with E-state index < -0.39 is 19.5 Å². The third-order valence-electron chi connectivity index (χ3n) is 6.53. The van der Waals surface area contributed by atoms with Crippen LogP contribution in [0.3, 0.4) is 0 Å². The van der Waals surface area contributed by atoms with Gasteiger partial charge in [0.05, 0.1) is 17.8 Å². The summed E-state index contributed by atoms with van der Waals surface area (Å²) in [5.74, 6) is 0.928. The number of rotatable bonds is 10. The molecule has 1 rings (SSSR count). The Morgan fingerprint density at radius 3 is 1.83 bits per heavy atom. The standard InChI is InChI=1S/C23H42BO4Si/c1-17-15-19(24-28-23(8,9)22(6,7)25-10)16-18(2)20(17)26-13-14-27-29(11,12)21(3,4)5/h15-16H,13-14H2,1-12H3. The molecule has 0 saturated heterocycles. The van der Waals surface area contributed by atoms with Crippen LogP contribution < -0.4 is 10.2 Å². The summed E-state index contributed by atoms with van der Waals surface area (Å²) in [4.78, 5) is 0. The third-order valence-corrected chi connectivity index (χ3v) is 11.1. The molecule has 0 amide bonds. The van der Waals surface area contributed by atoms with Gasteiger partial charge in [-0.2, -0.15) is 0 Å². The molecule has 0 bridgehead atoms. The number of benzene rings is 1. The Balaban J connectivity index is 2.72. The van der Waals surface area contributed by atoms with E-state index in [4.69, 9.17) is 18.6 Å². The minimum absolute atomic E-state index is 0.210. The van der Waals surface area contributed by atoms with Gasteiger partial charge in [-0.25, -0.2) is 0 Å². The van der Waals surface area contributed by atoms with Crippen molar-refractivity contribution in [1.82, 2.24) is 0 Å². The lowest BCUT2D eigenvalue weighted by atomic mass is 9.81. The monoisotopic (exact) mass is 421 g/mol. The first-order chi connectivity index (χ1) is 13.0. The van der Waals surface area contributed by atoms with Crippen LogP contribution in [-0.2, 0) is 13.8 Å². The Morgan fingerprint density at radius 2 is 1.38 bits per heavy atom. The molecule has 1 radical (unpaired) electrons. The maximum Gasteiger partial charge on any atom is 0.330 e. The summed E-state index contributed by atoms with van der Waals surface area (Å²) in [5.41, 5.74) is 2.34. The number of methoxy groups -OCH3 is 1. The predicted molar refractivity (Wildman–Crippen MR) is 126 cm³/mol. The van der Waals surface area contributed by atoms with Crippen molar-refractivity contribution in [3.63, 3.8) is 0 Å². The lowest BCUT2D eigenvalue weighted by Gasteiger charge is -2.40. The van der Waals surface area contributed by atoms with Crippen molar-refractivity contribution in [2.45, 2.75) is 91.6 Å². The zero-order valence-corrected chi connectivity index (χ0v) is 21.8. The van der Waals surface area contributed by atoms with Crippen molar-refractivity contribution in [2.24, 2.45) is 0 Å². The molecule has 1 aromatic carbocycles. The summed E-state index contributed by atoms with van der Waals surface area (Å²) in [6, 6.07) is 4.18. The summed E-state index contributed by atoms with van der Waals surface area (Å²) in [6.07, 6.45) is 0. The number of ether oxygens (including phenoxy) is 2. The van der Waals surface area contributed by atoms with Crippen molar-refractivity contribution >= 4 is 21.3 Å². The van der Waals surface area contributed by atoms with Crippen LogP contribution in [0.2, 0.25) is 18.1 Å². The van der Waals surface area contributed by atoms with E-state index in [1.54, 1.807) is 7.11 Å². The largest absolute Gasteiger partial charge is 0.491 e. The predicted octanol–water partition coefficient (Wildman–Crippen LogP) is 5.17. The van der Waals surface area contributed by atoms with Gasteiger partial charge in [0.15, 0.2) is 8.32 Å². The van der Waals surface area contributed by atoms with Crippen molar-refractivity contribution in [1.29, 1.82) is 0 Å². The molecule has 0 aliphatic carbocycles. The maximum absolute atomic E-state index is 6.21. The fraction of sp³-hybridized carbons (Fsp3) is 0.739. The van der Waals surface area contributed by atoms with E-state index in [2.05, 4.69) is 59.8 Å². The SMILES string of the molecule is COC(C)(C)C(C)(C)O[B]c1cc(C)c(OCCO[Si](C)(C)C(C)(C)C)c(C)c1. The van der Waals surface area contributed by atoms with Crippen molar-refractivity contribution in [2.75, 3.05) is 20.3 Å². The fourth-order valence-electron chi connectivity index (χ4n) is 2.54. The zero-order valence-electron chi connectivity index (χ0n) is 20.8. The Kier molecular flexibility index (Phi) is 8.63. The molecule has 0 atom stereocenters. The van der Waals surface area contributed by atoms with E-state index in [1.807, 2.05) is 35.2 Å². The summed E-state index contributed by atoms with van der Waals surface area (Å²) in [7, 11) is 1.78. The van der Waals surface area contributed by atoms with Gasteiger partial charge in [0.2, 0.25) is 0 Å². The zero-order chi connectivity index (χ0) is 22.7. The molecule has 1 aromatic rings. The average Bonchev–Trinajstić information content (AvgIpc) is 2.57. The summed E-state index contributed by atoms with van der Waals surface area (Å²) in [5, 5.41) is 0.210. The minimum Gasteiger partial charge on any atom is -0.491 e. The summed E-state index contributed by atoms with van der Waals surface area (Å²) >= 11 is 0. The lowest BCUT2D eigenvalue weighted by molar-refractivity contribution is -0.114. The number of hydrogen-bond acceptors (Lipinski definition) is 4. The van der Waals surface area contributed by atoms with Crippen LogP contribution in [0, 0.1) is 13.8 Å². The highest BCUT2D eigenvalue weighted by atomic mass is 28.4. The van der Waals surface area contributed by atoms with Crippen LogP contribution in [-0.4, -0.2) is 47.3 Å². The second-order valence-electron chi connectivity index (χ2n) is 10.4. The lowest BCUT2D eigenvalue weighted by Crippen LogP contribution is -2.50. The molecule has 4 nitrogen and oxygen atoms in total. The average molecular weight is 421 g/mol. The molecule has 165 valence electrons. The van der Waals surface area contributed by atoms with Crippen LogP contribution in [0.4, 0.5) is 0 Å². The van der Waals surface area contributed by atoms with Gasteiger partial charge < -0.3 is 18.6 Å². The van der Waals surface area contributed by atoms with E-state index in [9.17, 15) is 0 Å². The Labute approximate surface area is 181 Å². The Bertz CT molecular complexity index is 655. The molecule has 0 N–H and O–H groups in total. The molecule has 0 aliphatic heterocycles. The normalized spacial score (nSPS) is 13.5. The highest BCUT2D eigenvalue weighted by Gasteiger charge is 2.38. The number of hydrogen-bond donors (Lipinski definition) is 0. The smallest absolute Gasteiger partial charge is 0.330 e. The maximum atomic E-state index is 6.21. The molecule has 6 heteroatoms. The first-order valence-corrected chi connectivity index (χ1v) is 13.4. The van der Waals surface area contributed by atoms with Crippen LogP contribution in [0.1, 0.15) is 59.6 Å². The summed E-state index contributed by atoms with van der Waals surface area (Å²) < 4.78 is 23.9. The number of aryl methyl sites for hydroxylation is 2. The minimum atomic E-state index is -1.74. The second kappa shape index (κ2) is 9.55. The molecule has 29 heavy (non-hydrogen) atoms. The third kappa shape index (κ3) is 6.84. The van der Waals surface area contributed by atoms with Crippen LogP contribution >= 0.6 is 0 Å². The van der Waals surface area contributed by atoms with E-state index in [0.29, 0.717) is 13.2 Å². The van der Waals surface area contributed by atoms with Crippen molar-refractivity contribution in [3.8, 4) is 5.75 Å². The highest BCUT2D eigenvalue weighted by Crippen LogP contribution is 2.36. The van der Waals surface area contributed by atoms with Crippen LogP contribution in [0.15, 0.2) is 12.1 Å². The molecule has 0 saturated carbocycles. The fourth-order valence-corrected chi connectivity index (χ4v) is 3.57. The van der Waals surface area contributed by atoms with Crippen LogP contribution in [0.25, 0.3) is 0 Å². The molecule has 0 fully saturated rings. The van der Waals surface area contributed by atoms with Gasteiger partial charge in [0, 0.05) is 7.11 Å².